The first-order valence-corrected chi connectivity index (χ1v) is 10.1. The van der Waals surface area contributed by atoms with Crippen LogP contribution in [0.4, 0.5) is 4.39 Å². The Bertz CT molecular complexity index is 1340. The largest absolute Gasteiger partial charge is 0.507 e. The molecule has 2 N–H and O–H groups in total. The van der Waals surface area contributed by atoms with Crippen molar-refractivity contribution < 1.29 is 23.8 Å². The summed E-state index contributed by atoms with van der Waals surface area (Å²) in [5.41, 5.74) is 3.91. The van der Waals surface area contributed by atoms with Crippen LogP contribution in [0.5, 0.6) is 17.2 Å². The van der Waals surface area contributed by atoms with Crippen LogP contribution in [0.1, 0.15) is 21.5 Å². The van der Waals surface area contributed by atoms with Crippen LogP contribution < -0.4 is 14.9 Å². The van der Waals surface area contributed by atoms with E-state index in [9.17, 15) is 14.3 Å². The molecule has 33 heavy (non-hydrogen) atoms. The van der Waals surface area contributed by atoms with Gasteiger partial charge in [0.2, 0.25) is 0 Å². The lowest BCUT2D eigenvalue weighted by Gasteiger charge is -2.11. The standard InChI is InChI=1S/C26H21FN2O4/c1-32-25-12-17(9-10-24(25)33-16-18-5-4-8-21(27)11-18)15-28-29-26(31)22-13-19-6-2-3-7-20(19)14-23(22)30/h2-15,30H,16H2,1H3,(H,29,31). The van der Waals surface area contributed by atoms with Crippen molar-refractivity contribution in [1.82, 2.24) is 5.43 Å². The normalized spacial score (nSPS) is 11.0. The van der Waals surface area contributed by atoms with E-state index < -0.39 is 5.91 Å². The number of rotatable bonds is 7. The summed E-state index contributed by atoms with van der Waals surface area (Å²) in [4.78, 5) is 12.5. The Morgan fingerprint density at radius 2 is 1.79 bits per heavy atom. The van der Waals surface area contributed by atoms with Gasteiger partial charge in [-0.25, -0.2) is 9.82 Å². The minimum atomic E-state index is -0.531. The molecule has 0 radical (unpaired) electrons. The van der Waals surface area contributed by atoms with Crippen LogP contribution in [-0.4, -0.2) is 24.3 Å². The molecule has 4 aromatic carbocycles. The number of aromatic hydroxyl groups is 1. The molecule has 0 spiro atoms. The van der Waals surface area contributed by atoms with E-state index >= 15 is 0 Å². The highest BCUT2D eigenvalue weighted by atomic mass is 19.1. The summed E-state index contributed by atoms with van der Waals surface area (Å²) in [5.74, 6) is -0.0223. The van der Waals surface area contributed by atoms with Crippen molar-refractivity contribution in [3.05, 3.63) is 101 Å². The molecule has 0 aliphatic heterocycles. The molecule has 0 aliphatic carbocycles. The Hall–Kier alpha value is -4.39. The molecule has 7 heteroatoms. The van der Waals surface area contributed by atoms with Gasteiger partial charge in [0, 0.05) is 0 Å². The summed E-state index contributed by atoms with van der Waals surface area (Å²) in [6.45, 7) is 0.187. The number of hydrogen-bond donors (Lipinski definition) is 2. The van der Waals surface area contributed by atoms with Crippen LogP contribution >= 0.6 is 0 Å². The van der Waals surface area contributed by atoms with Crippen molar-refractivity contribution in [3.8, 4) is 17.2 Å². The predicted octanol–water partition coefficient (Wildman–Crippen LogP) is 5.04. The van der Waals surface area contributed by atoms with Gasteiger partial charge in [0.15, 0.2) is 11.5 Å². The lowest BCUT2D eigenvalue weighted by atomic mass is 10.1. The number of nitrogens with one attached hydrogen (secondary N) is 1. The number of ether oxygens (including phenoxy) is 2. The lowest BCUT2D eigenvalue weighted by Crippen LogP contribution is -2.17. The first-order chi connectivity index (χ1) is 16.0. The Kier molecular flexibility index (Phi) is 6.50. The molecule has 0 saturated carbocycles. The SMILES string of the molecule is COc1cc(C=NNC(=O)c2cc3ccccc3cc2O)ccc1OCc1cccc(F)c1. The average molecular weight is 444 g/mol. The molecule has 0 aromatic heterocycles. The molecule has 0 unspecified atom stereocenters. The maximum atomic E-state index is 13.3. The number of hydrogen-bond acceptors (Lipinski definition) is 5. The zero-order valence-electron chi connectivity index (χ0n) is 17.8. The third kappa shape index (κ3) is 5.27. The second-order valence-corrected chi connectivity index (χ2v) is 7.24. The van der Waals surface area contributed by atoms with Gasteiger partial charge in [-0.3, -0.25) is 4.79 Å². The molecule has 166 valence electrons. The Morgan fingerprint density at radius 3 is 2.55 bits per heavy atom. The van der Waals surface area contributed by atoms with E-state index in [1.54, 1.807) is 42.5 Å². The summed E-state index contributed by atoms with van der Waals surface area (Å²) in [7, 11) is 1.51. The molecule has 0 atom stereocenters. The smallest absolute Gasteiger partial charge is 0.275 e. The van der Waals surface area contributed by atoms with Crippen molar-refractivity contribution in [2.45, 2.75) is 6.61 Å². The highest BCUT2D eigenvalue weighted by Crippen LogP contribution is 2.28. The van der Waals surface area contributed by atoms with Gasteiger partial charge in [-0.15, -0.1) is 0 Å². The molecule has 6 nitrogen and oxygen atoms in total. The number of carbonyl (C=O) groups is 1. The fourth-order valence-corrected chi connectivity index (χ4v) is 3.31. The number of halogens is 1. The van der Waals surface area contributed by atoms with E-state index in [2.05, 4.69) is 10.5 Å². The number of amides is 1. The van der Waals surface area contributed by atoms with Crippen LogP contribution in [0, 0.1) is 5.82 Å². The summed E-state index contributed by atoms with van der Waals surface area (Å²) < 4.78 is 24.4. The Labute approximate surface area is 189 Å². The van der Waals surface area contributed by atoms with Crippen LogP contribution in [0.15, 0.2) is 84.0 Å². The van der Waals surface area contributed by atoms with Gasteiger partial charge in [-0.05, 0) is 64.4 Å². The van der Waals surface area contributed by atoms with Gasteiger partial charge in [0.1, 0.15) is 18.2 Å². The molecule has 0 heterocycles. The average Bonchev–Trinajstić information content (AvgIpc) is 2.82. The third-order valence-electron chi connectivity index (χ3n) is 4.96. The lowest BCUT2D eigenvalue weighted by molar-refractivity contribution is 0.0952. The fraction of sp³-hybridized carbons (Fsp3) is 0.0769. The molecule has 1 amide bonds. The molecule has 0 aliphatic rings. The summed E-state index contributed by atoms with van der Waals surface area (Å²) in [6.07, 6.45) is 1.45. The van der Waals surface area contributed by atoms with E-state index in [0.29, 0.717) is 22.6 Å². The summed E-state index contributed by atoms with van der Waals surface area (Å²) in [6, 6.07) is 21.9. The highest BCUT2D eigenvalue weighted by molar-refractivity contribution is 6.01. The highest BCUT2D eigenvalue weighted by Gasteiger charge is 2.12. The van der Waals surface area contributed by atoms with Crippen molar-refractivity contribution in [3.63, 3.8) is 0 Å². The van der Waals surface area contributed by atoms with Crippen LogP contribution in [0.25, 0.3) is 10.8 Å². The number of fused-ring (bicyclic) bond motifs is 1. The Balaban J connectivity index is 1.42. The minimum absolute atomic E-state index is 0.122. The van der Waals surface area contributed by atoms with Crippen LogP contribution in [0.2, 0.25) is 0 Å². The number of benzene rings is 4. The van der Waals surface area contributed by atoms with Gasteiger partial charge >= 0.3 is 0 Å². The monoisotopic (exact) mass is 444 g/mol. The zero-order valence-corrected chi connectivity index (χ0v) is 17.8. The predicted molar refractivity (Wildman–Crippen MR) is 124 cm³/mol. The molecular formula is C26H21FN2O4. The summed E-state index contributed by atoms with van der Waals surface area (Å²) in [5, 5.41) is 15.8. The molecule has 4 rings (SSSR count). The number of phenolic OH excluding ortho intramolecular Hbond substituents is 1. The maximum Gasteiger partial charge on any atom is 0.275 e. The zero-order chi connectivity index (χ0) is 23.2. The number of nitrogens with zero attached hydrogens (tertiary/aromatic N) is 1. The number of phenols is 1. The minimum Gasteiger partial charge on any atom is -0.507 e. The third-order valence-corrected chi connectivity index (χ3v) is 4.96. The second kappa shape index (κ2) is 9.82. The first-order valence-electron chi connectivity index (χ1n) is 10.1. The van der Waals surface area contributed by atoms with Gasteiger partial charge in [-0.2, -0.15) is 5.10 Å². The maximum absolute atomic E-state index is 13.3. The Morgan fingerprint density at radius 1 is 1.00 bits per heavy atom. The van der Waals surface area contributed by atoms with Gasteiger partial charge in [0.05, 0.1) is 18.9 Å². The molecule has 4 aromatic rings. The quantitative estimate of drug-likeness (QED) is 0.309. The van der Waals surface area contributed by atoms with Crippen molar-refractivity contribution in [1.29, 1.82) is 0 Å². The molecular weight excluding hydrogens is 423 g/mol. The van der Waals surface area contributed by atoms with Gasteiger partial charge < -0.3 is 14.6 Å². The van der Waals surface area contributed by atoms with E-state index in [4.69, 9.17) is 9.47 Å². The van der Waals surface area contributed by atoms with E-state index in [1.165, 1.54) is 25.5 Å². The molecule has 0 fully saturated rings. The summed E-state index contributed by atoms with van der Waals surface area (Å²) >= 11 is 0. The molecule has 0 saturated heterocycles. The van der Waals surface area contributed by atoms with Crippen molar-refractivity contribution in [2.75, 3.05) is 7.11 Å². The van der Waals surface area contributed by atoms with Gasteiger partial charge in [-0.1, -0.05) is 36.4 Å². The topological polar surface area (TPSA) is 80.2 Å². The van der Waals surface area contributed by atoms with Gasteiger partial charge in [0.25, 0.3) is 5.91 Å². The first kappa shape index (κ1) is 21.8. The van der Waals surface area contributed by atoms with E-state index in [0.717, 1.165) is 10.8 Å². The van der Waals surface area contributed by atoms with E-state index in [-0.39, 0.29) is 23.7 Å². The van der Waals surface area contributed by atoms with Crippen LogP contribution in [-0.2, 0) is 6.61 Å². The fourth-order valence-electron chi connectivity index (χ4n) is 3.31. The van der Waals surface area contributed by atoms with Crippen molar-refractivity contribution >= 4 is 22.9 Å². The molecule has 0 bridgehead atoms. The van der Waals surface area contributed by atoms with Crippen LogP contribution in [0.3, 0.4) is 0 Å². The second-order valence-electron chi connectivity index (χ2n) is 7.24. The number of methoxy groups -OCH3 is 1. The number of hydrazone groups is 1. The number of carbonyl (C=O) groups excluding carboxylic acids is 1. The van der Waals surface area contributed by atoms with Crippen molar-refractivity contribution in [2.24, 2.45) is 5.10 Å². The van der Waals surface area contributed by atoms with E-state index in [1.807, 2.05) is 24.3 Å².